The molecule has 2 aliphatic rings. The van der Waals surface area contributed by atoms with Gasteiger partial charge < -0.3 is 5.32 Å². The van der Waals surface area contributed by atoms with Gasteiger partial charge in [-0.2, -0.15) is 0 Å². The molecule has 1 aromatic carbocycles. The minimum absolute atomic E-state index is 0.204. The molecule has 114 valence electrons. The van der Waals surface area contributed by atoms with Crippen LogP contribution in [0.5, 0.6) is 0 Å². The first-order chi connectivity index (χ1) is 10.1. The molecule has 2 saturated heterocycles. The van der Waals surface area contributed by atoms with Crippen LogP contribution < -0.4 is 5.32 Å². The molecule has 2 heterocycles. The molecule has 1 aromatic rings. The van der Waals surface area contributed by atoms with E-state index in [9.17, 15) is 10.1 Å². The number of piperazine rings is 1. The van der Waals surface area contributed by atoms with E-state index in [1.807, 2.05) is 12.1 Å². The highest BCUT2D eigenvalue weighted by Crippen LogP contribution is 2.27. The molecule has 6 nitrogen and oxygen atoms in total. The zero-order valence-corrected chi connectivity index (χ0v) is 13.4. The average Bonchev–Trinajstić information content (AvgIpc) is 2.44. The van der Waals surface area contributed by atoms with Crippen molar-refractivity contribution in [1.29, 1.82) is 0 Å². The molecule has 0 atom stereocenters. The van der Waals surface area contributed by atoms with Crippen LogP contribution in [0.1, 0.15) is 5.56 Å². The van der Waals surface area contributed by atoms with Crippen LogP contribution in [0, 0.1) is 10.1 Å². The summed E-state index contributed by atoms with van der Waals surface area (Å²) in [5.41, 5.74) is 0.997. The molecule has 0 aromatic heterocycles. The fourth-order valence-corrected chi connectivity index (χ4v) is 3.38. The summed E-state index contributed by atoms with van der Waals surface area (Å²) >= 11 is 3.29. The second-order valence-electron chi connectivity index (χ2n) is 5.66. The zero-order valence-electron chi connectivity index (χ0n) is 11.8. The lowest BCUT2D eigenvalue weighted by Gasteiger charge is -2.46. The van der Waals surface area contributed by atoms with Crippen molar-refractivity contribution in [1.82, 2.24) is 15.1 Å². The van der Waals surface area contributed by atoms with E-state index in [2.05, 4.69) is 31.0 Å². The molecule has 0 bridgehead atoms. The summed E-state index contributed by atoms with van der Waals surface area (Å²) in [6.07, 6.45) is 0. The topological polar surface area (TPSA) is 61.7 Å². The minimum atomic E-state index is -0.298. The maximum atomic E-state index is 11.1. The van der Waals surface area contributed by atoms with Crippen LogP contribution in [0.2, 0.25) is 0 Å². The fourth-order valence-electron chi connectivity index (χ4n) is 3.03. The number of benzene rings is 1. The molecule has 2 aliphatic heterocycles. The second-order valence-corrected chi connectivity index (χ2v) is 6.58. The molecule has 0 saturated carbocycles. The lowest BCUT2D eigenvalue weighted by Crippen LogP contribution is -2.62. The first kappa shape index (κ1) is 14.9. The van der Waals surface area contributed by atoms with Crippen LogP contribution in [-0.2, 0) is 6.54 Å². The highest BCUT2D eigenvalue weighted by atomic mass is 79.9. The van der Waals surface area contributed by atoms with Crippen LogP contribution >= 0.6 is 15.9 Å². The Bertz CT molecular complexity index is 528. The predicted molar refractivity (Wildman–Crippen MR) is 84.3 cm³/mol. The molecule has 0 amide bonds. The number of halogens is 1. The molecule has 7 heteroatoms. The SMILES string of the molecule is O=[N+]([O-])c1cc(Br)ccc1CN1CC(N2CCNCC2)C1. The summed E-state index contributed by atoms with van der Waals surface area (Å²) in [6, 6.07) is 5.92. The Morgan fingerprint density at radius 1 is 1.33 bits per heavy atom. The predicted octanol–water partition coefficient (Wildman–Crippen LogP) is 1.45. The van der Waals surface area contributed by atoms with Gasteiger partial charge >= 0.3 is 0 Å². The molecule has 0 aliphatic carbocycles. The number of nitrogens with one attached hydrogen (secondary N) is 1. The third-order valence-corrected chi connectivity index (χ3v) is 4.74. The van der Waals surface area contributed by atoms with Gasteiger partial charge in [0.25, 0.3) is 5.69 Å². The van der Waals surface area contributed by atoms with Gasteiger partial charge in [-0.15, -0.1) is 0 Å². The normalized spacial score (nSPS) is 21.2. The van der Waals surface area contributed by atoms with Crippen molar-refractivity contribution >= 4 is 21.6 Å². The van der Waals surface area contributed by atoms with E-state index in [1.165, 1.54) is 0 Å². The van der Waals surface area contributed by atoms with E-state index in [-0.39, 0.29) is 10.6 Å². The first-order valence-electron chi connectivity index (χ1n) is 7.23. The van der Waals surface area contributed by atoms with E-state index in [1.54, 1.807) is 6.07 Å². The number of hydrogen-bond acceptors (Lipinski definition) is 5. The number of hydrogen-bond donors (Lipinski definition) is 1. The summed E-state index contributed by atoms with van der Waals surface area (Å²) in [7, 11) is 0. The van der Waals surface area contributed by atoms with Gasteiger partial charge in [-0.1, -0.05) is 15.9 Å². The lowest BCUT2D eigenvalue weighted by molar-refractivity contribution is -0.385. The molecule has 0 unspecified atom stereocenters. The minimum Gasteiger partial charge on any atom is -0.314 e. The van der Waals surface area contributed by atoms with Crippen molar-refractivity contribution in [2.24, 2.45) is 0 Å². The molecule has 0 radical (unpaired) electrons. The lowest BCUT2D eigenvalue weighted by atomic mass is 10.0. The number of nitro benzene ring substituents is 1. The summed E-state index contributed by atoms with van der Waals surface area (Å²) in [4.78, 5) is 15.6. The standard InChI is InChI=1S/C14H19BrN4O2/c15-12-2-1-11(14(7-12)19(20)21)8-17-9-13(10-17)18-5-3-16-4-6-18/h1-2,7,13,16H,3-6,8-10H2. The van der Waals surface area contributed by atoms with Crippen molar-refractivity contribution in [2.45, 2.75) is 12.6 Å². The monoisotopic (exact) mass is 354 g/mol. The fraction of sp³-hybridized carbons (Fsp3) is 0.571. The third kappa shape index (κ3) is 3.42. The van der Waals surface area contributed by atoms with E-state index in [0.717, 1.165) is 49.3 Å². The van der Waals surface area contributed by atoms with Gasteiger partial charge in [-0.25, -0.2) is 0 Å². The van der Waals surface area contributed by atoms with E-state index in [4.69, 9.17) is 0 Å². The van der Waals surface area contributed by atoms with Crippen LogP contribution in [0.4, 0.5) is 5.69 Å². The maximum absolute atomic E-state index is 11.1. The highest BCUT2D eigenvalue weighted by molar-refractivity contribution is 9.10. The van der Waals surface area contributed by atoms with Gasteiger partial charge in [0.05, 0.1) is 4.92 Å². The van der Waals surface area contributed by atoms with E-state index in [0.29, 0.717) is 12.6 Å². The molecule has 3 rings (SSSR count). The molecule has 2 fully saturated rings. The van der Waals surface area contributed by atoms with E-state index < -0.39 is 0 Å². The zero-order chi connectivity index (χ0) is 14.8. The Morgan fingerprint density at radius 3 is 2.71 bits per heavy atom. The van der Waals surface area contributed by atoms with Crippen LogP contribution in [0.15, 0.2) is 22.7 Å². The Kier molecular flexibility index (Phi) is 4.54. The van der Waals surface area contributed by atoms with E-state index >= 15 is 0 Å². The van der Waals surface area contributed by atoms with Gasteiger partial charge in [0.2, 0.25) is 0 Å². The van der Waals surface area contributed by atoms with Crippen LogP contribution in [0.25, 0.3) is 0 Å². The Balaban J connectivity index is 1.58. The van der Waals surface area contributed by atoms with Crippen LogP contribution in [-0.4, -0.2) is 60.0 Å². The van der Waals surface area contributed by atoms with Crippen molar-refractivity contribution in [3.05, 3.63) is 38.3 Å². The summed E-state index contributed by atoms with van der Waals surface area (Å²) < 4.78 is 0.750. The average molecular weight is 355 g/mol. The Morgan fingerprint density at radius 2 is 2.05 bits per heavy atom. The second kappa shape index (κ2) is 6.39. The number of rotatable bonds is 4. The van der Waals surface area contributed by atoms with Gasteiger partial charge in [-0.05, 0) is 12.1 Å². The van der Waals surface area contributed by atoms with Crippen molar-refractivity contribution in [2.75, 3.05) is 39.3 Å². The molecule has 0 spiro atoms. The number of likely N-dealkylation sites (tertiary alicyclic amines) is 1. The summed E-state index contributed by atoms with van der Waals surface area (Å²) in [5.74, 6) is 0. The largest absolute Gasteiger partial charge is 0.314 e. The van der Waals surface area contributed by atoms with Crippen molar-refractivity contribution in [3.8, 4) is 0 Å². The van der Waals surface area contributed by atoms with Gasteiger partial charge in [0.15, 0.2) is 0 Å². The number of nitrogens with zero attached hydrogens (tertiary/aromatic N) is 3. The van der Waals surface area contributed by atoms with Crippen LogP contribution in [0.3, 0.4) is 0 Å². The van der Waals surface area contributed by atoms with Crippen molar-refractivity contribution in [3.63, 3.8) is 0 Å². The smallest absolute Gasteiger partial charge is 0.275 e. The van der Waals surface area contributed by atoms with Gasteiger partial charge in [0.1, 0.15) is 0 Å². The molecule has 1 N–H and O–H groups in total. The third-order valence-electron chi connectivity index (χ3n) is 4.24. The Hall–Kier alpha value is -1.02. The summed E-state index contributed by atoms with van der Waals surface area (Å²) in [5, 5.41) is 14.5. The van der Waals surface area contributed by atoms with Gasteiger partial charge in [0, 0.05) is 68.0 Å². The molecule has 21 heavy (non-hydrogen) atoms. The number of nitro groups is 1. The molecular weight excluding hydrogens is 336 g/mol. The maximum Gasteiger partial charge on any atom is 0.275 e. The quantitative estimate of drug-likeness (QED) is 0.654. The highest BCUT2D eigenvalue weighted by Gasteiger charge is 2.33. The summed E-state index contributed by atoms with van der Waals surface area (Å²) in [6.45, 7) is 7.02. The first-order valence-corrected chi connectivity index (χ1v) is 8.03. The van der Waals surface area contributed by atoms with Gasteiger partial charge in [-0.3, -0.25) is 19.9 Å². The van der Waals surface area contributed by atoms with Crippen molar-refractivity contribution < 1.29 is 4.92 Å². The molecular formula is C14H19BrN4O2. The Labute approximate surface area is 132 Å².